The summed E-state index contributed by atoms with van der Waals surface area (Å²) in [6.45, 7) is 5.69. The van der Waals surface area contributed by atoms with Gasteiger partial charge in [-0.15, -0.1) is 23.7 Å². The van der Waals surface area contributed by atoms with Crippen LogP contribution >= 0.6 is 23.7 Å². The van der Waals surface area contributed by atoms with Crippen LogP contribution < -0.4 is 10.6 Å². The van der Waals surface area contributed by atoms with Gasteiger partial charge in [-0.2, -0.15) is 0 Å². The van der Waals surface area contributed by atoms with E-state index >= 15 is 0 Å². The average Bonchev–Trinajstić information content (AvgIpc) is 2.84. The van der Waals surface area contributed by atoms with Crippen molar-refractivity contribution in [1.82, 2.24) is 5.32 Å². The van der Waals surface area contributed by atoms with Gasteiger partial charge in [0, 0.05) is 12.2 Å². The smallest absolute Gasteiger partial charge is 0.266 e. The van der Waals surface area contributed by atoms with Gasteiger partial charge in [-0.25, -0.2) is 0 Å². The van der Waals surface area contributed by atoms with Crippen LogP contribution in [0.1, 0.15) is 27.7 Å². The van der Waals surface area contributed by atoms with E-state index in [0.717, 1.165) is 34.8 Å². The Morgan fingerprint density at radius 2 is 2.00 bits per heavy atom. The summed E-state index contributed by atoms with van der Waals surface area (Å²) in [7, 11) is 0. The maximum Gasteiger partial charge on any atom is 0.266 e. The normalized spacial score (nSPS) is 9.90. The number of thiophene rings is 1. The van der Waals surface area contributed by atoms with E-state index in [0.29, 0.717) is 0 Å². The number of amides is 1. The molecule has 0 saturated heterocycles. The van der Waals surface area contributed by atoms with Gasteiger partial charge in [0.15, 0.2) is 0 Å². The quantitative estimate of drug-likeness (QED) is 0.881. The highest BCUT2D eigenvalue weighted by molar-refractivity contribution is 7.12. The molecule has 3 nitrogen and oxygen atoms in total. The summed E-state index contributed by atoms with van der Waals surface area (Å²) in [5.74, 6) is -0.0311. The van der Waals surface area contributed by atoms with Gasteiger partial charge in [0.2, 0.25) is 0 Å². The molecule has 0 aliphatic rings. The molecule has 1 amide bonds. The molecule has 2 rings (SSSR count). The maximum absolute atomic E-state index is 12.2. The summed E-state index contributed by atoms with van der Waals surface area (Å²) in [6, 6.07) is 9.85. The Kier molecular flexibility index (Phi) is 6.71. The molecule has 5 heteroatoms. The molecule has 2 aromatic rings. The predicted octanol–water partition coefficient (Wildman–Crippen LogP) is 3.84. The number of halogens is 1. The van der Waals surface area contributed by atoms with Gasteiger partial charge in [0.05, 0.1) is 4.88 Å². The number of hydrogen-bond acceptors (Lipinski definition) is 3. The van der Waals surface area contributed by atoms with E-state index in [2.05, 4.69) is 17.6 Å². The first-order valence-corrected chi connectivity index (χ1v) is 7.24. The van der Waals surface area contributed by atoms with E-state index in [4.69, 9.17) is 0 Å². The first-order valence-electron chi connectivity index (χ1n) is 6.36. The minimum absolute atomic E-state index is 0. The van der Waals surface area contributed by atoms with E-state index in [1.807, 2.05) is 42.6 Å². The third-order valence-corrected chi connectivity index (χ3v) is 3.91. The molecule has 108 valence electrons. The number of carbonyl (C=O) groups is 1. The Morgan fingerprint density at radius 3 is 2.65 bits per heavy atom. The van der Waals surface area contributed by atoms with Crippen molar-refractivity contribution in [3.8, 4) is 0 Å². The van der Waals surface area contributed by atoms with Crippen molar-refractivity contribution in [3.63, 3.8) is 0 Å². The van der Waals surface area contributed by atoms with Gasteiger partial charge >= 0.3 is 0 Å². The summed E-state index contributed by atoms with van der Waals surface area (Å²) in [4.78, 5) is 13.0. The van der Waals surface area contributed by atoms with Gasteiger partial charge in [-0.1, -0.05) is 25.1 Å². The van der Waals surface area contributed by atoms with Crippen molar-refractivity contribution in [2.75, 3.05) is 11.9 Å². The van der Waals surface area contributed by atoms with Crippen LogP contribution in [0, 0.1) is 6.92 Å². The molecule has 1 heterocycles. The number of benzene rings is 1. The Balaban J connectivity index is 0.00000200. The third kappa shape index (κ3) is 4.07. The Labute approximate surface area is 129 Å². The zero-order valence-corrected chi connectivity index (χ0v) is 13.2. The van der Waals surface area contributed by atoms with Crippen molar-refractivity contribution < 1.29 is 4.79 Å². The first kappa shape index (κ1) is 16.7. The van der Waals surface area contributed by atoms with Crippen molar-refractivity contribution in [3.05, 3.63) is 51.7 Å². The number of nitrogens with one attached hydrogen (secondary N) is 2. The number of anilines is 1. The maximum atomic E-state index is 12.2. The largest absolute Gasteiger partial charge is 0.321 e. The second-order valence-corrected chi connectivity index (χ2v) is 5.24. The molecule has 0 atom stereocenters. The lowest BCUT2D eigenvalue weighted by Crippen LogP contribution is -2.16. The molecule has 0 fully saturated rings. The molecule has 2 N–H and O–H groups in total. The highest BCUT2D eigenvalue weighted by atomic mass is 35.5. The summed E-state index contributed by atoms with van der Waals surface area (Å²) in [5.41, 5.74) is 3.00. The Hall–Kier alpha value is -1.36. The van der Waals surface area contributed by atoms with Crippen molar-refractivity contribution in [2.45, 2.75) is 20.4 Å². The van der Waals surface area contributed by atoms with Crippen LogP contribution in [0.15, 0.2) is 35.7 Å². The number of para-hydroxylation sites is 1. The Bertz CT molecular complexity index is 569. The second kappa shape index (κ2) is 8.04. The van der Waals surface area contributed by atoms with Crippen LogP contribution in [0.3, 0.4) is 0 Å². The van der Waals surface area contributed by atoms with Crippen LogP contribution in [0.2, 0.25) is 0 Å². The van der Waals surface area contributed by atoms with E-state index < -0.39 is 0 Å². The molecule has 0 aliphatic heterocycles. The number of aryl methyl sites for hydroxylation is 1. The van der Waals surface area contributed by atoms with Crippen LogP contribution in [0.25, 0.3) is 0 Å². The molecule has 0 saturated carbocycles. The first-order chi connectivity index (χ1) is 9.22. The zero-order valence-electron chi connectivity index (χ0n) is 11.6. The number of carbonyl (C=O) groups excluding carboxylic acids is 1. The monoisotopic (exact) mass is 310 g/mol. The highest BCUT2D eigenvalue weighted by Crippen LogP contribution is 2.20. The minimum Gasteiger partial charge on any atom is -0.321 e. The predicted molar refractivity (Wildman–Crippen MR) is 88.1 cm³/mol. The fraction of sp³-hybridized carbons (Fsp3) is 0.267. The fourth-order valence-electron chi connectivity index (χ4n) is 1.84. The van der Waals surface area contributed by atoms with E-state index in [1.54, 1.807) is 0 Å². The van der Waals surface area contributed by atoms with Gasteiger partial charge < -0.3 is 10.6 Å². The molecule has 0 bridgehead atoms. The molecular weight excluding hydrogens is 292 g/mol. The Morgan fingerprint density at radius 1 is 1.25 bits per heavy atom. The highest BCUT2D eigenvalue weighted by Gasteiger charge is 2.12. The van der Waals surface area contributed by atoms with E-state index in [-0.39, 0.29) is 18.3 Å². The summed E-state index contributed by atoms with van der Waals surface area (Å²) < 4.78 is 0. The van der Waals surface area contributed by atoms with Crippen molar-refractivity contribution >= 4 is 35.3 Å². The van der Waals surface area contributed by atoms with Crippen LogP contribution in [-0.2, 0) is 6.54 Å². The molecule has 1 aromatic carbocycles. The van der Waals surface area contributed by atoms with E-state index in [1.165, 1.54) is 11.3 Å². The number of hydrogen-bond donors (Lipinski definition) is 2. The van der Waals surface area contributed by atoms with Crippen molar-refractivity contribution in [1.29, 1.82) is 0 Å². The standard InChI is InChI=1S/C15H18N2OS.ClH/c1-3-16-10-12-6-4-5-7-13(12)17-15(18)14-11(2)8-9-19-14;/h4-9,16H,3,10H2,1-2H3,(H,17,18);1H. The van der Waals surface area contributed by atoms with Gasteiger partial charge in [0.25, 0.3) is 5.91 Å². The second-order valence-electron chi connectivity index (χ2n) is 4.32. The van der Waals surface area contributed by atoms with E-state index in [9.17, 15) is 4.79 Å². The third-order valence-electron chi connectivity index (χ3n) is 2.90. The molecular formula is C15H19ClN2OS. The summed E-state index contributed by atoms with van der Waals surface area (Å²) in [5, 5.41) is 8.21. The molecule has 1 aromatic heterocycles. The molecule has 0 unspecified atom stereocenters. The zero-order chi connectivity index (χ0) is 13.7. The lowest BCUT2D eigenvalue weighted by molar-refractivity contribution is 0.103. The lowest BCUT2D eigenvalue weighted by Gasteiger charge is -2.11. The van der Waals surface area contributed by atoms with Gasteiger partial charge in [-0.3, -0.25) is 4.79 Å². The van der Waals surface area contributed by atoms with Gasteiger partial charge in [0.1, 0.15) is 0 Å². The van der Waals surface area contributed by atoms with Gasteiger partial charge in [-0.05, 0) is 42.1 Å². The molecule has 0 aliphatic carbocycles. The molecule has 0 radical (unpaired) electrons. The SMILES string of the molecule is CCNCc1ccccc1NC(=O)c1sccc1C.Cl. The number of rotatable bonds is 5. The lowest BCUT2D eigenvalue weighted by atomic mass is 10.1. The molecule has 0 spiro atoms. The molecule has 20 heavy (non-hydrogen) atoms. The van der Waals surface area contributed by atoms with Crippen molar-refractivity contribution in [2.24, 2.45) is 0 Å². The van der Waals surface area contributed by atoms with Crippen LogP contribution in [0.4, 0.5) is 5.69 Å². The fourth-order valence-corrected chi connectivity index (χ4v) is 2.66. The average molecular weight is 311 g/mol. The minimum atomic E-state index is -0.0311. The summed E-state index contributed by atoms with van der Waals surface area (Å²) in [6.07, 6.45) is 0. The van der Waals surface area contributed by atoms with Crippen LogP contribution in [0.5, 0.6) is 0 Å². The van der Waals surface area contributed by atoms with Crippen LogP contribution in [-0.4, -0.2) is 12.5 Å². The topological polar surface area (TPSA) is 41.1 Å². The summed E-state index contributed by atoms with van der Waals surface area (Å²) >= 11 is 1.47.